The summed E-state index contributed by atoms with van der Waals surface area (Å²) >= 11 is 2.86. The van der Waals surface area contributed by atoms with Crippen LogP contribution in [0, 0.1) is 0 Å². The molecule has 0 radical (unpaired) electrons. The fourth-order valence-corrected chi connectivity index (χ4v) is 8.27. The third kappa shape index (κ3) is 4.65. The van der Waals surface area contributed by atoms with Crippen LogP contribution in [0.3, 0.4) is 0 Å². The van der Waals surface area contributed by atoms with Crippen molar-refractivity contribution in [2.75, 3.05) is 42.8 Å². The van der Waals surface area contributed by atoms with E-state index in [4.69, 9.17) is 4.99 Å². The highest BCUT2D eigenvalue weighted by Crippen LogP contribution is 2.40. The van der Waals surface area contributed by atoms with E-state index in [1.165, 1.54) is 15.6 Å². The van der Waals surface area contributed by atoms with Crippen LogP contribution >= 0.6 is 23.1 Å². The van der Waals surface area contributed by atoms with Crippen molar-refractivity contribution in [1.29, 1.82) is 0 Å². The minimum atomic E-state index is -3.63. The molecule has 3 aliphatic rings. The van der Waals surface area contributed by atoms with E-state index in [2.05, 4.69) is 5.32 Å². The predicted molar refractivity (Wildman–Crippen MR) is 132 cm³/mol. The van der Waals surface area contributed by atoms with E-state index in [-0.39, 0.29) is 24.3 Å². The second kappa shape index (κ2) is 8.83. The Morgan fingerprint density at radius 1 is 1.30 bits per heavy atom. The summed E-state index contributed by atoms with van der Waals surface area (Å²) in [5.74, 6) is -2.59. The van der Waals surface area contributed by atoms with Crippen LogP contribution in [0.1, 0.15) is 18.4 Å². The highest BCUT2D eigenvalue weighted by molar-refractivity contribution is 8.15. The van der Waals surface area contributed by atoms with Gasteiger partial charge in [0.1, 0.15) is 4.21 Å². The molecule has 2 atom stereocenters. The summed E-state index contributed by atoms with van der Waals surface area (Å²) < 4.78 is 55.2. The number of anilines is 2. The first-order valence-corrected chi connectivity index (χ1v) is 14.1. The van der Waals surface area contributed by atoms with Crippen LogP contribution in [-0.2, 0) is 16.4 Å². The first-order valence-electron chi connectivity index (χ1n) is 10.9. The van der Waals surface area contributed by atoms with Gasteiger partial charge in [0, 0.05) is 31.7 Å². The number of sulfonamides is 1. The maximum atomic E-state index is 13.7. The number of hydrogen-bond acceptors (Lipinski definition) is 7. The summed E-state index contributed by atoms with van der Waals surface area (Å²) in [7, 11) is -2.06. The number of piperidine rings is 1. The predicted octanol–water partition coefficient (Wildman–Crippen LogP) is 4.15. The zero-order valence-electron chi connectivity index (χ0n) is 18.2. The van der Waals surface area contributed by atoms with Crippen molar-refractivity contribution in [1.82, 2.24) is 4.90 Å². The molecule has 1 fully saturated rings. The largest absolute Gasteiger partial charge is 0.374 e. The smallest absolute Gasteiger partial charge is 0.273 e. The molecule has 0 spiro atoms. The van der Waals surface area contributed by atoms with Gasteiger partial charge >= 0.3 is 0 Å². The van der Waals surface area contributed by atoms with Gasteiger partial charge in [0.2, 0.25) is 0 Å². The average molecular weight is 513 g/mol. The fraction of sp³-hybridized carbons (Fsp3) is 0.500. The van der Waals surface area contributed by atoms with Gasteiger partial charge in [0.05, 0.1) is 35.5 Å². The Kier molecular flexibility index (Phi) is 6.17. The molecule has 0 aliphatic carbocycles. The molecule has 33 heavy (non-hydrogen) atoms. The number of para-hydroxylation sites is 1. The van der Waals surface area contributed by atoms with Crippen molar-refractivity contribution in [2.24, 2.45) is 4.99 Å². The Morgan fingerprint density at radius 3 is 2.91 bits per heavy atom. The standard InChI is InChI=1S/C22H26F2N4O2S3/c1-27(33(29,30)19-7-3-10-31-19)18-6-2-5-15-11-17(26-20(15)18)21-25-12-16(32-21)13-28-9-4-8-22(23,24)14-28/h2-3,5-7,10,16-17,26H,4,8-9,11-14H2,1H3. The lowest BCUT2D eigenvalue weighted by atomic mass is 10.1. The van der Waals surface area contributed by atoms with Crippen molar-refractivity contribution in [3.63, 3.8) is 0 Å². The molecule has 1 N–H and O–H groups in total. The minimum Gasteiger partial charge on any atom is -0.374 e. The topological polar surface area (TPSA) is 65.0 Å². The van der Waals surface area contributed by atoms with Gasteiger partial charge in [-0.2, -0.15) is 0 Å². The summed E-state index contributed by atoms with van der Waals surface area (Å²) in [6.45, 7) is 1.78. The van der Waals surface area contributed by atoms with Gasteiger partial charge in [-0.05, 0) is 36.0 Å². The minimum absolute atomic E-state index is 0.0215. The molecule has 1 saturated heterocycles. The molecule has 4 heterocycles. The number of aliphatic imine (C=N–C) groups is 1. The van der Waals surface area contributed by atoms with Crippen LogP contribution in [0.2, 0.25) is 0 Å². The van der Waals surface area contributed by atoms with Crippen LogP contribution in [0.15, 0.2) is 44.9 Å². The molecule has 6 nitrogen and oxygen atoms in total. The number of halogens is 2. The summed E-state index contributed by atoms with van der Waals surface area (Å²) in [5, 5.41) is 6.38. The quantitative estimate of drug-likeness (QED) is 0.630. The summed E-state index contributed by atoms with van der Waals surface area (Å²) in [6, 6.07) is 9.00. The lowest BCUT2D eigenvalue weighted by Gasteiger charge is -2.33. The maximum Gasteiger partial charge on any atom is 0.273 e. The summed E-state index contributed by atoms with van der Waals surface area (Å²) in [6.07, 6.45) is 1.23. The van der Waals surface area contributed by atoms with Crippen molar-refractivity contribution in [3.8, 4) is 0 Å². The van der Waals surface area contributed by atoms with Gasteiger partial charge in [0.15, 0.2) is 0 Å². The van der Waals surface area contributed by atoms with Gasteiger partial charge in [-0.3, -0.25) is 14.2 Å². The van der Waals surface area contributed by atoms with Crippen LogP contribution in [-0.4, -0.2) is 68.8 Å². The van der Waals surface area contributed by atoms with E-state index in [1.807, 2.05) is 23.1 Å². The normalized spacial score (nSPS) is 24.9. The zero-order chi connectivity index (χ0) is 23.2. The molecule has 0 bridgehead atoms. The van der Waals surface area contributed by atoms with Crippen LogP contribution < -0.4 is 9.62 Å². The molecule has 1 aromatic heterocycles. The molecule has 178 valence electrons. The number of hydrogen-bond donors (Lipinski definition) is 1. The van der Waals surface area contributed by atoms with Gasteiger partial charge in [-0.1, -0.05) is 18.2 Å². The van der Waals surface area contributed by atoms with Crippen molar-refractivity contribution < 1.29 is 17.2 Å². The van der Waals surface area contributed by atoms with E-state index < -0.39 is 15.9 Å². The zero-order valence-corrected chi connectivity index (χ0v) is 20.7. The maximum absolute atomic E-state index is 13.7. The van der Waals surface area contributed by atoms with Gasteiger partial charge < -0.3 is 5.32 Å². The van der Waals surface area contributed by atoms with Crippen molar-refractivity contribution >= 4 is 49.5 Å². The Labute approximate surface area is 201 Å². The summed E-state index contributed by atoms with van der Waals surface area (Å²) in [5.41, 5.74) is 2.47. The van der Waals surface area contributed by atoms with E-state index in [0.29, 0.717) is 36.0 Å². The Bertz CT molecular complexity index is 1150. The molecule has 1 aromatic carbocycles. The molecule has 0 saturated carbocycles. The molecule has 0 amide bonds. The van der Waals surface area contributed by atoms with E-state index in [0.717, 1.165) is 22.7 Å². The average Bonchev–Trinajstić information content (AvgIpc) is 3.52. The third-order valence-corrected chi connectivity index (χ3v) is 10.7. The molecular weight excluding hydrogens is 486 g/mol. The highest BCUT2D eigenvalue weighted by Gasteiger charge is 2.38. The molecular formula is C22H26F2N4O2S3. The Balaban J connectivity index is 1.26. The first-order chi connectivity index (χ1) is 15.7. The fourth-order valence-electron chi connectivity index (χ4n) is 4.67. The van der Waals surface area contributed by atoms with Crippen LogP contribution in [0.4, 0.5) is 20.2 Å². The number of likely N-dealkylation sites (tertiary alicyclic amines) is 1. The van der Waals surface area contributed by atoms with E-state index >= 15 is 0 Å². The highest BCUT2D eigenvalue weighted by atomic mass is 32.2. The number of benzene rings is 1. The number of rotatable bonds is 6. The second-order valence-electron chi connectivity index (χ2n) is 8.73. The lowest BCUT2D eigenvalue weighted by molar-refractivity contribution is -0.0634. The number of alkyl halides is 2. The summed E-state index contributed by atoms with van der Waals surface area (Å²) in [4.78, 5) is 6.58. The van der Waals surface area contributed by atoms with E-state index in [1.54, 1.807) is 36.3 Å². The Hall–Kier alpha value is -1.69. The number of thiophene rings is 1. The number of fused-ring (bicyclic) bond motifs is 1. The number of thioether (sulfide) groups is 1. The molecule has 2 unspecified atom stereocenters. The molecule has 11 heteroatoms. The van der Waals surface area contributed by atoms with Crippen LogP contribution in [0.5, 0.6) is 0 Å². The van der Waals surface area contributed by atoms with Crippen LogP contribution in [0.25, 0.3) is 0 Å². The monoisotopic (exact) mass is 512 g/mol. The van der Waals surface area contributed by atoms with Gasteiger partial charge in [-0.15, -0.1) is 23.1 Å². The second-order valence-corrected chi connectivity index (χ2v) is 13.2. The Morgan fingerprint density at radius 2 is 2.15 bits per heavy atom. The van der Waals surface area contributed by atoms with E-state index in [9.17, 15) is 17.2 Å². The lowest BCUT2D eigenvalue weighted by Crippen LogP contribution is -2.45. The molecule has 5 rings (SSSR count). The number of nitrogens with zero attached hydrogens (tertiary/aromatic N) is 3. The van der Waals surface area contributed by atoms with Crippen molar-refractivity contribution in [2.45, 2.75) is 40.7 Å². The SMILES string of the molecule is CN(c1cccc2c1NC(C1=NCC(CN3CCCC(F)(F)C3)S1)C2)S(=O)(=O)c1cccs1. The molecule has 2 aromatic rings. The molecule has 3 aliphatic heterocycles. The first kappa shape index (κ1) is 23.1. The third-order valence-electron chi connectivity index (χ3n) is 6.29. The van der Waals surface area contributed by atoms with Gasteiger partial charge in [-0.25, -0.2) is 17.2 Å². The van der Waals surface area contributed by atoms with Crippen molar-refractivity contribution in [3.05, 3.63) is 41.3 Å². The van der Waals surface area contributed by atoms with Gasteiger partial charge in [0.25, 0.3) is 15.9 Å². The number of nitrogens with one attached hydrogen (secondary N) is 1.